The highest BCUT2D eigenvalue weighted by Gasteiger charge is 2.27. The molecule has 2 unspecified atom stereocenters. The lowest BCUT2D eigenvalue weighted by Crippen LogP contribution is -2.08. The summed E-state index contributed by atoms with van der Waals surface area (Å²) in [5, 5.41) is 3.19. The largest absolute Gasteiger partial charge is 0.372 e. The molecule has 0 amide bonds. The number of hydrogen-bond acceptors (Lipinski definition) is 3. The fraction of sp³-hybridized carbons (Fsp3) is 0.733. The molecule has 3 nitrogen and oxygen atoms in total. The minimum absolute atomic E-state index is 0.556. The number of aromatic nitrogens is 2. The van der Waals surface area contributed by atoms with E-state index in [1.807, 2.05) is 7.05 Å². The van der Waals surface area contributed by atoms with Gasteiger partial charge in [0.2, 0.25) is 0 Å². The van der Waals surface area contributed by atoms with Crippen molar-refractivity contribution < 1.29 is 0 Å². The van der Waals surface area contributed by atoms with Crippen LogP contribution >= 0.6 is 15.9 Å². The first-order valence-corrected chi connectivity index (χ1v) is 8.22. The Morgan fingerprint density at radius 2 is 2.05 bits per heavy atom. The number of aryl methyl sites for hydroxylation is 1. The average Bonchev–Trinajstić information content (AvgIpc) is 2.90. The highest BCUT2D eigenvalue weighted by atomic mass is 79.9. The van der Waals surface area contributed by atoms with Gasteiger partial charge in [0.1, 0.15) is 11.6 Å². The molecule has 0 radical (unpaired) electrons. The first kappa shape index (κ1) is 14.8. The Hall–Kier alpha value is -0.640. The minimum Gasteiger partial charge on any atom is -0.372 e. The van der Waals surface area contributed by atoms with Gasteiger partial charge in [0.05, 0.1) is 10.2 Å². The Labute approximate surface area is 124 Å². The zero-order valence-corrected chi connectivity index (χ0v) is 13.8. The summed E-state index contributed by atoms with van der Waals surface area (Å²) in [5.41, 5.74) is 1.15. The van der Waals surface area contributed by atoms with E-state index >= 15 is 0 Å². The summed E-state index contributed by atoms with van der Waals surface area (Å²) in [6, 6.07) is 0. The van der Waals surface area contributed by atoms with Gasteiger partial charge in [-0.2, -0.15) is 0 Å². The molecule has 0 spiro atoms. The summed E-state index contributed by atoms with van der Waals surface area (Å²) in [7, 11) is 1.93. The van der Waals surface area contributed by atoms with Crippen LogP contribution in [-0.4, -0.2) is 17.0 Å². The molecule has 2 atom stereocenters. The summed E-state index contributed by atoms with van der Waals surface area (Å²) < 4.78 is 1.03. The van der Waals surface area contributed by atoms with Gasteiger partial charge in [-0.15, -0.1) is 0 Å². The smallest absolute Gasteiger partial charge is 0.144 e. The maximum Gasteiger partial charge on any atom is 0.144 e. The van der Waals surface area contributed by atoms with Gasteiger partial charge in [-0.05, 0) is 47.5 Å². The summed E-state index contributed by atoms with van der Waals surface area (Å²) in [4.78, 5) is 9.54. The van der Waals surface area contributed by atoms with Crippen LogP contribution in [0, 0.1) is 5.92 Å². The number of rotatable bonds is 5. The van der Waals surface area contributed by atoms with Gasteiger partial charge in [0, 0.05) is 13.0 Å². The van der Waals surface area contributed by atoms with E-state index in [0.29, 0.717) is 5.92 Å². The Balaban J connectivity index is 2.27. The SMILES string of the molecule is CCCc1nc(C2CCC(CC)C2)nc(NC)c1Br. The van der Waals surface area contributed by atoms with Crippen LogP contribution < -0.4 is 5.32 Å². The molecule has 1 aromatic rings. The first-order valence-electron chi connectivity index (χ1n) is 7.43. The molecular formula is C15H24BrN3. The Kier molecular flexibility index (Phi) is 5.20. The molecule has 1 saturated carbocycles. The molecule has 0 aromatic carbocycles. The van der Waals surface area contributed by atoms with Crippen molar-refractivity contribution in [2.24, 2.45) is 5.92 Å². The van der Waals surface area contributed by atoms with Crippen molar-refractivity contribution in [2.75, 3.05) is 12.4 Å². The highest BCUT2D eigenvalue weighted by Crippen LogP contribution is 2.39. The normalized spacial score (nSPS) is 22.7. The van der Waals surface area contributed by atoms with Gasteiger partial charge in [-0.25, -0.2) is 9.97 Å². The van der Waals surface area contributed by atoms with Crippen molar-refractivity contribution in [2.45, 2.75) is 58.3 Å². The molecule has 1 fully saturated rings. The van der Waals surface area contributed by atoms with Gasteiger partial charge in [0.25, 0.3) is 0 Å². The van der Waals surface area contributed by atoms with Crippen LogP contribution in [-0.2, 0) is 6.42 Å². The third-order valence-corrected chi connectivity index (χ3v) is 4.98. The predicted molar refractivity (Wildman–Crippen MR) is 83.6 cm³/mol. The predicted octanol–water partition coefficient (Wildman–Crippen LogP) is 4.53. The molecule has 1 N–H and O–H groups in total. The van der Waals surface area contributed by atoms with Crippen LogP contribution in [0.25, 0.3) is 0 Å². The van der Waals surface area contributed by atoms with Gasteiger partial charge in [-0.1, -0.05) is 26.7 Å². The van der Waals surface area contributed by atoms with E-state index < -0.39 is 0 Å². The van der Waals surface area contributed by atoms with Crippen LogP contribution in [0.4, 0.5) is 5.82 Å². The highest BCUT2D eigenvalue weighted by molar-refractivity contribution is 9.10. The molecule has 1 aliphatic rings. The number of nitrogens with one attached hydrogen (secondary N) is 1. The van der Waals surface area contributed by atoms with Crippen molar-refractivity contribution >= 4 is 21.7 Å². The molecule has 106 valence electrons. The van der Waals surface area contributed by atoms with E-state index in [1.54, 1.807) is 0 Å². The van der Waals surface area contributed by atoms with Crippen molar-refractivity contribution in [3.05, 3.63) is 16.0 Å². The second-order valence-corrected chi connectivity index (χ2v) is 6.27. The Bertz CT molecular complexity index is 434. The minimum atomic E-state index is 0.556. The lowest BCUT2D eigenvalue weighted by Gasteiger charge is -2.14. The standard InChI is InChI=1S/C15H24BrN3/c1-4-6-12-13(16)15(17-3)19-14(18-12)11-8-7-10(5-2)9-11/h10-11H,4-9H2,1-3H3,(H,17,18,19). The fourth-order valence-electron chi connectivity index (χ4n) is 2.94. The van der Waals surface area contributed by atoms with Gasteiger partial charge in [-0.3, -0.25) is 0 Å². The maximum atomic E-state index is 4.82. The number of anilines is 1. The quantitative estimate of drug-likeness (QED) is 0.864. The number of nitrogens with zero attached hydrogens (tertiary/aromatic N) is 2. The number of hydrogen-bond donors (Lipinski definition) is 1. The summed E-state index contributed by atoms with van der Waals surface area (Å²) in [5.74, 6) is 3.41. The summed E-state index contributed by atoms with van der Waals surface area (Å²) >= 11 is 3.62. The average molecular weight is 326 g/mol. The van der Waals surface area contributed by atoms with Gasteiger partial charge < -0.3 is 5.32 Å². The monoisotopic (exact) mass is 325 g/mol. The van der Waals surface area contributed by atoms with E-state index in [1.165, 1.54) is 25.7 Å². The summed E-state index contributed by atoms with van der Waals surface area (Å²) in [6.45, 7) is 4.48. The molecule has 0 saturated heterocycles. The van der Waals surface area contributed by atoms with E-state index in [2.05, 4.69) is 35.1 Å². The van der Waals surface area contributed by atoms with Crippen LogP contribution in [0.15, 0.2) is 4.47 Å². The molecule has 1 aliphatic carbocycles. The molecule has 19 heavy (non-hydrogen) atoms. The molecule has 0 bridgehead atoms. The summed E-state index contributed by atoms with van der Waals surface area (Å²) in [6.07, 6.45) is 7.24. The lowest BCUT2D eigenvalue weighted by atomic mass is 10.0. The fourth-order valence-corrected chi connectivity index (χ4v) is 3.52. The number of halogens is 1. The first-order chi connectivity index (χ1) is 9.19. The van der Waals surface area contributed by atoms with Crippen LogP contribution in [0.3, 0.4) is 0 Å². The molecule has 2 rings (SSSR count). The van der Waals surface area contributed by atoms with E-state index in [4.69, 9.17) is 9.97 Å². The van der Waals surface area contributed by atoms with Crippen molar-refractivity contribution in [1.29, 1.82) is 0 Å². The van der Waals surface area contributed by atoms with Crippen LogP contribution in [0.5, 0.6) is 0 Å². The van der Waals surface area contributed by atoms with Crippen LogP contribution in [0.2, 0.25) is 0 Å². The third-order valence-electron chi connectivity index (χ3n) is 4.14. The van der Waals surface area contributed by atoms with Gasteiger partial charge in [0.15, 0.2) is 0 Å². The molecule has 1 aromatic heterocycles. The second kappa shape index (κ2) is 6.69. The van der Waals surface area contributed by atoms with Gasteiger partial charge >= 0.3 is 0 Å². The van der Waals surface area contributed by atoms with Crippen molar-refractivity contribution in [3.8, 4) is 0 Å². The molecule has 1 heterocycles. The van der Waals surface area contributed by atoms with E-state index in [9.17, 15) is 0 Å². The van der Waals surface area contributed by atoms with Crippen molar-refractivity contribution in [3.63, 3.8) is 0 Å². The van der Waals surface area contributed by atoms with E-state index in [0.717, 1.165) is 40.6 Å². The van der Waals surface area contributed by atoms with Crippen LogP contribution in [0.1, 0.15) is 63.4 Å². The zero-order chi connectivity index (χ0) is 13.8. The topological polar surface area (TPSA) is 37.8 Å². The van der Waals surface area contributed by atoms with E-state index in [-0.39, 0.29) is 0 Å². The maximum absolute atomic E-state index is 4.82. The Morgan fingerprint density at radius 1 is 1.26 bits per heavy atom. The third kappa shape index (κ3) is 3.28. The molecule has 0 aliphatic heterocycles. The zero-order valence-electron chi connectivity index (χ0n) is 12.2. The Morgan fingerprint density at radius 3 is 2.63 bits per heavy atom. The lowest BCUT2D eigenvalue weighted by molar-refractivity contribution is 0.516. The molecule has 4 heteroatoms. The molecular weight excluding hydrogens is 302 g/mol. The second-order valence-electron chi connectivity index (χ2n) is 5.48. The van der Waals surface area contributed by atoms with Crippen molar-refractivity contribution in [1.82, 2.24) is 9.97 Å².